The lowest BCUT2D eigenvalue weighted by molar-refractivity contribution is 0.589. The van der Waals surface area contributed by atoms with Crippen LogP contribution in [0.5, 0.6) is 0 Å². The van der Waals surface area contributed by atoms with Gasteiger partial charge in [-0.05, 0) is 28.1 Å². The molecule has 0 aromatic carbocycles. The summed E-state index contributed by atoms with van der Waals surface area (Å²) in [6.45, 7) is 0. The molecule has 102 valence electrons. The molecular formula is C11H8BrN5O2S. The summed E-state index contributed by atoms with van der Waals surface area (Å²) in [7, 11) is 0. The molecule has 0 aliphatic heterocycles. The molecule has 1 N–H and O–H groups in total. The van der Waals surface area contributed by atoms with E-state index < -0.39 is 16.9 Å². The van der Waals surface area contributed by atoms with Crippen LogP contribution in [0.2, 0.25) is 0 Å². The van der Waals surface area contributed by atoms with Gasteiger partial charge in [-0.25, -0.2) is 9.78 Å². The normalized spacial score (nSPS) is 12.8. The number of pyridine rings is 1. The van der Waals surface area contributed by atoms with Crippen molar-refractivity contribution in [2.45, 2.75) is 5.16 Å². The number of H-pyrrole nitrogens is 1. The maximum atomic E-state index is 11.9. The SMILES string of the molecule is C[S+]([O-])c1nc2c(Br)c(-c3ccccn3)nn2c(=O)[nH]1. The van der Waals surface area contributed by atoms with Crippen LogP contribution in [-0.4, -0.2) is 35.4 Å². The van der Waals surface area contributed by atoms with Crippen molar-refractivity contribution >= 4 is 32.8 Å². The van der Waals surface area contributed by atoms with Gasteiger partial charge in [-0.15, -0.1) is 0 Å². The molecule has 0 bridgehead atoms. The maximum absolute atomic E-state index is 11.9. The first kappa shape index (κ1) is 13.3. The molecule has 0 saturated carbocycles. The van der Waals surface area contributed by atoms with Gasteiger partial charge >= 0.3 is 10.8 Å². The van der Waals surface area contributed by atoms with E-state index in [4.69, 9.17) is 0 Å². The number of hydrogen-bond acceptors (Lipinski definition) is 5. The number of hydrogen-bond donors (Lipinski definition) is 1. The summed E-state index contributed by atoms with van der Waals surface area (Å²) in [5.74, 6) is 0. The molecule has 3 heterocycles. The standard InChI is InChI=1S/C11H8BrN5O2S/c1-20(19)10-14-9-7(12)8(6-4-2-3-5-13-6)16-17(9)11(18)15-10/h2-5H,1H3,(H,14,15,18). The van der Waals surface area contributed by atoms with Crippen LogP contribution in [0.4, 0.5) is 0 Å². The summed E-state index contributed by atoms with van der Waals surface area (Å²) in [6, 6.07) is 5.39. The lowest BCUT2D eigenvalue weighted by atomic mass is 10.3. The van der Waals surface area contributed by atoms with Crippen molar-refractivity contribution in [3.63, 3.8) is 0 Å². The van der Waals surface area contributed by atoms with E-state index in [1.54, 1.807) is 18.3 Å². The van der Waals surface area contributed by atoms with Crippen molar-refractivity contribution in [2.75, 3.05) is 6.26 Å². The number of aromatic amines is 1. The Bertz CT molecular complexity index is 830. The molecule has 1 unspecified atom stereocenters. The highest BCUT2D eigenvalue weighted by molar-refractivity contribution is 9.10. The lowest BCUT2D eigenvalue weighted by Gasteiger charge is -2.01. The Kier molecular flexibility index (Phi) is 3.32. The smallest absolute Gasteiger partial charge is 0.353 e. The minimum atomic E-state index is -1.38. The zero-order valence-electron chi connectivity index (χ0n) is 10.2. The van der Waals surface area contributed by atoms with Crippen LogP contribution < -0.4 is 5.69 Å². The Labute approximate surface area is 124 Å². The first-order valence-electron chi connectivity index (χ1n) is 5.51. The first-order chi connectivity index (χ1) is 9.58. The highest BCUT2D eigenvalue weighted by atomic mass is 79.9. The average Bonchev–Trinajstić information content (AvgIpc) is 2.78. The lowest BCUT2D eigenvalue weighted by Crippen LogP contribution is -2.22. The quantitative estimate of drug-likeness (QED) is 0.692. The monoisotopic (exact) mass is 353 g/mol. The number of nitrogens with zero attached hydrogens (tertiary/aromatic N) is 4. The average molecular weight is 354 g/mol. The molecule has 0 fully saturated rings. The molecule has 7 nitrogen and oxygen atoms in total. The van der Waals surface area contributed by atoms with Gasteiger partial charge in [0.1, 0.15) is 11.9 Å². The van der Waals surface area contributed by atoms with Gasteiger partial charge in [0.2, 0.25) is 0 Å². The topological polar surface area (TPSA) is 99.0 Å². The Hall–Kier alpha value is -1.71. The second kappa shape index (κ2) is 5.00. The molecule has 0 saturated heterocycles. The van der Waals surface area contributed by atoms with E-state index >= 15 is 0 Å². The van der Waals surface area contributed by atoms with Gasteiger partial charge < -0.3 is 4.55 Å². The Morgan fingerprint density at radius 2 is 2.25 bits per heavy atom. The van der Waals surface area contributed by atoms with Gasteiger partial charge in [0.15, 0.2) is 5.65 Å². The fraction of sp³-hybridized carbons (Fsp3) is 0.0909. The molecule has 0 radical (unpaired) electrons. The summed E-state index contributed by atoms with van der Waals surface area (Å²) < 4.78 is 13.1. The van der Waals surface area contributed by atoms with Crippen molar-refractivity contribution in [2.24, 2.45) is 0 Å². The summed E-state index contributed by atoms with van der Waals surface area (Å²) in [4.78, 5) is 22.7. The fourth-order valence-electron chi connectivity index (χ4n) is 1.70. The second-order valence-electron chi connectivity index (χ2n) is 3.91. The van der Waals surface area contributed by atoms with Gasteiger partial charge in [0.25, 0.3) is 0 Å². The van der Waals surface area contributed by atoms with E-state index in [1.165, 1.54) is 6.26 Å². The van der Waals surface area contributed by atoms with Gasteiger partial charge in [0.05, 0.1) is 10.2 Å². The summed E-state index contributed by atoms with van der Waals surface area (Å²) >= 11 is 1.99. The first-order valence-corrected chi connectivity index (χ1v) is 7.86. The third-order valence-electron chi connectivity index (χ3n) is 2.60. The van der Waals surface area contributed by atoms with Crippen LogP contribution in [0.3, 0.4) is 0 Å². The molecule has 20 heavy (non-hydrogen) atoms. The van der Waals surface area contributed by atoms with Crippen LogP contribution in [0.15, 0.2) is 38.8 Å². The number of fused-ring (bicyclic) bond motifs is 1. The number of halogens is 1. The highest BCUT2D eigenvalue weighted by Crippen LogP contribution is 2.28. The largest absolute Gasteiger partial charge is 0.609 e. The summed E-state index contributed by atoms with van der Waals surface area (Å²) in [5, 5.41) is 4.29. The third kappa shape index (κ3) is 2.13. The van der Waals surface area contributed by atoms with Crippen LogP contribution in [0.1, 0.15) is 0 Å². The van der Waals surface area contributed by atoms with Crippen molar-refractivity contribution in [3.8, 4) is 11.4 Å². The van der Waals surface area contributed by atoms with E-state index in [0.29, 0.717) is 21.5 Å². The van der Waals surface area contributed by atoms with Crippen molar-refractivity contribution in [1.29, 1.82) is 0 Å². The number of nitrogens with one attached hydrogen (secondary N) is 1. The van der Waals surface area contributed by atoms with E-state index in [0.717, 1.165) is 4.52 Å². The molecule has 0 aliphatic carbocycles. The van der Waals surface area contributed by atoms with Crippen molar-refractivity contribution in [3.05, 3.63) is 39.4 Å². The Balaban J connectivity index is 2.31. The molecule has 0 amide bonds. The Morgan fingerprint density at radius 3 is 2.90 bits per heavy atom. The molecule has 3 rings (SSSR count). The van der Waals surface area contributed by atoms with Crippen molar-refractivity contribution in [1.82, 2.24) is 24.6 Å². The molecule has 3 aromatic heterocycles. The number of rotatable bonds is 2. The molecule has 1 atom stereocenters. The van der Waals surface area contributed by atoms with Gasteiger partial charge in [-0.1, -0.05) is 6.07 Å². The molecular weight excluding hydrogens is 346 g/mol. The maximum Gasteiger partial charge on any atom is 0.353 e. The van der Waals surface area contributed by atoms with Gasteiger partial charge in [-0.3, -0.25) is 4.98 Å². The summed E-state index contributed by atoms with van der Waals surface area (Å²) in [6.07, 6.45) is 3.08. The minimum Gasteiger partial charge on any atom is -0.609 e. The van der Waals surface area contributed by atoms with E-state index in [1.807, 2.05) is 6.07 Å². The summed E-state index contributed by atoms with van der Waals surface area (Å²) in [5.41, 5.74) is 0.925. The zero-order chi connectivity index (χ0) is 14.3. The van der Waals surface area contributed by atoms with Crippen LogP contribution in [0, 0.1) is 0 Å². The van der Waals surface area contributed by atoms with E-state index in [-0.39, 0.29) is 5.16 Å². The predicted octanol–water partition coefficient (Wildman–Crippen LogP) is 0.979. The molecule has 9 heteroatoms. The van der Waals surface area contributed by atoms with Gasteiger partial charge in [0, 0.05) is 17.4 Å². The van der Waals surface area contributed by atoms with E-state index in [9.17, 15) is 9.35 Å². The van der Waals surface area contributed by atoms with Crippen molar-refractivity contribution < 1.29 is 4.55 Å². The highest BCUT2D eigenvalue weighted by Gasteiger charge is 2.19. The predicted molar refractivity (Wildman–Crippen MR) is 76.9 cm³/mol. The minimum absolute atomic E-state index is 0.107. The van der Waals surface area contributed by atoms with Crippen LogP contribution in [-0.2, 0) is 11.2 Å². The van der Waals surface area contributed by atoms with Gasteiger partial charge in [-0.2, -0.15) is 14.6 Å². The third-order valence-corrected chi connectivity index (χ3v) is 4.07. The molecule has 0 spiro atoms. The zero-order valence-corrected chi connectivity index (χ0v) is 12.6. The van der Waals surface area contributed by atoms with Crippen LogP contribution in [0.25, 0.3) is 17.0 Å². The number of aromatic nitrogens is 5. The van der Waals surface area contributed by atoms with E-state index in [2.05, 4.69) is 36.0 Å². The molecule has 3 aromatic rings. The molecule has 0 aliphatic rings. The Morgan fingerprint density at radius 1 is 1.45 bits per heavy atom. The fourth-order valence-corrected chi connectivity index (χ4v) is 2.68. The van der Waals surface area contributed by atoms with Crippen LogP contribution >= 0.6 is 15.9 Å². The second-order valence-corrected chi connectivity index (χ2v) is 6.00.